The van der Waals surface area contributed by atoms with Gasteiger partial charge in [-0.05, 0) is 30.3 Å². The van der Waals surface area contributed by atoms with E-state index in [-0.39, 0.29) is 16.4 Å². The van der Waals surface area contributed by atoms with Crippen LogP contribution in [0, 0.1) is 11.6 Å². The van der Waals surface area contributed by atoms with Gasteiger partial charge in [-0.1, -0.05) is 12.1 Å². The maximum atomic E-state index is 13.3. The lowest BCUT2D eigenvalue weighted by molar-refractivity contribution is -0.137. The Labute approximate surface area is 148 Å². The van der Waals surface area contributed by atoms with E-state index in [1.807, 2.05) is 0 Å². The molecular weight excluding hydrogens is 375 g/mol. The highest BCUT2D eigenvalue weighted by Gasteiger charge is 2.34. The van der Waals surface area contributed by atoms with E-state index in [0.29, 0.717) is 0 Å². The van der Waals surface area contributed by atoms with E-state index in [0.717, 1.165) is 35.6 Å². The molecule has 0 unspecified atom stereocenters. The number of thiazole rings is 1. The Morgan fingerprint density at radius 3 is 2.46 bits per heavy atom. The molecule has 0 radical (unpaired) electrons. The molecule has 2 aromatic carbocycles. The summed E-state index contributed by atoms with van der Waals surface area (Å²) < 4.78 is 65.2. The Bertz CT molecular complexity index is 968. The average molecular weight is 384 g/mol. The van der Waals surface area contributed by atoms with Crippen molar-refractivity contribution in [3.8, 4) is 11.3 Å². The summed E-state index contributed by atoms with van der Waals surface area (Å²) in [7, 11) is 0. The normalized spacial score (nSPS) is 11.4. The van der Waals surface area contributed by atoms with Gasteiger partial charge in [-0.25, -0.2) is 13.8 Å². The summed E-state index contributed by atoms with van der Waals surface area (Å²) in [4.78, 5) is 16.2. The van der Waals surface area contributed by atoms with E-state index in [2.05, 4.69) is 10.3 Å². The van der Waals surface area contributed by atoms with Gasteiger partial charge in [0, 0.05) is 10.9 Å². The zero-order valence-electron chi connectivity index (χ0n) is 12.8. The van der Waals surface area contributed by atoms with Gasteiger partial charge in [-0.2, -0.15) is 13.2 Å². The minimum atomic E-state index is -4.67. The molecule has 26 heavy (non-hydrogen) atoms. The fourth-order valence-corrected chi connectivity index (χ4v) is 2.93. The van der Waals surface area contributed by atoms with Crippen LogP contribution in [0.5, 0.6) is 0 Å². The number of nitrogens with one attached hydrogen (secondary N) is 1. The molecule has 3 rings (SSSR count). The van der Waals surface area contributed by atoms with Gasteiger partial charge < -0.3 is 0 Å². The summed E-state index contributed by atoms with van der Waals surface area (Å²) in [6, 6.07) is 7.54. The number of anilines is 1. The van der Waals surface area contributed by atoms with E-state index >= 15 is 0 Å². The first kappa shape index (κ1) is 18.0. The summed E-state index contributed by atoms with van der Waals surface area (Å²) in [5.41, 5.74) is -1.07. The molecule has 0 bridgehead atoms. The van der Waals surface area contributed by atoms with Gasteiger partial charge in [-0.15, -0.1) is 11.3 Å². The van der Waals surface area contributed by atoms with Crippen molar-refractivity contribution in [2.24, 2.45) is 0 Å². The van der Waals surface area contributed by atoms with Crippen LogP contribution in [0.15, 0.2) is 47.8 Å². The molecule has 0 atom stereocenters. The summed E-state index contributed by atoms with van der Waals surface area (Å²) in [5.74, 6) is -3.04. The maximum absolute atomic E-state index is 13.3. The highest BCUT2D eigenvalue weighted by molar-refractivity contribution is 7.14. The van der Waals surface area contributed by atoms with Crippen molar-refractivity contribution in [3.63, 3.8) is 0 Å². The monoisotopic (exact) mass is 384 g/mol. The summed E-state index contributed by atoms with van der Waals surface area (Å²) in [6.45, 7) is 0. The van der Waals surface area contributed by atoms with Crippen LogP contribution >= 0.6 is 11.3 Å². The van der Waals surface area contributed by atoms with Crippen molar-refractivity contribution in [1.29, 1.82) is 0 Å². The predicted molar refractivity (Wildman–Crippen MR) is 86.9 cm³/mol. The number of aromatic nitrogens is 1. The second-order valence-corrected chi connectivity index (χ2v) is 6.02. The van der Waals surface area contributed by atoms with Gasteiger partial charge in [0.1, 0.15) is 0 Å². The molecule has 134 valence electrons. The van der Waals surface area contributed by atoms with Crippen LogP contribution in [0.25, 0.3) is 11.3 Å². The second-order valence-electron chi connectivity index (χ2n) is 5.16. The van der Waals surface area contributed by atoms with E-state index in [1.165, 1.54) is 23.6 Å². The van der Waals surface area contributed by atoms with Crippen LogP contribution in [-0.4, -0.2) is 10.9 Å². The molecule has 0 saturated heterocycles. The number of benzene rings is 2. The smallest absolute Gasteiger partial charge is 0.298 e. The van der Waals surface area contributed by atoms with Crippen molar-refractivity contribution in [2.45, 2.75) is 6.18 Å². The standard InChI is InChI=1S/C17H9F5N2OS/c18-12-6-5-9(7-13(12)19)14-8-26-16(23-14)24-15(25)10-3-1-2-4-11(10)17(20,21)22/h1-8H,(H,23,24,25). The molecular formula is C17H9F5N2OS. The van der Waals surface area contributed by atoms with Crippen molar-refractivity contribution in [3.05, 3.63) is 70.6 Å². The molecule has 1 aromatic heterocycles. The summed E-state index contributed by atoms with van der Waals surface area (Å²) in [5, 5.41) is 3.79. The van der Waals surface area contributed by atoms with Crippen LogP contribution < -0.4 is 5.32 Å². The minimum Gasteiger partial charge on any atom is -0.298 e. The topological polar surface area (TPSA) is 42.0 Å². The SMILES string of the molecule is O=C(Nc1nc(-c2ccc(F)c(F)c2)cs1)c1ccccc1C(F)(F)F. The molecule has 3 nitrogen and oxygen atoms in total. The Kier molecular flexibility index (Phi) is 4.73. The third-order valence-electron chi connectivity index (χ3n) is 3.42. The lowest BCUT2D eigenvalue weighted by Gasteiger charge is -2.11. The van der Waals surface area contributed by atoms with Crippen LogP contribution in [0.4, 0.5) is 27.1 Å². The minimum absolute atomic E-state index is 0.0340. The first-order valence-corrected chi connectivity index (χ1v) is 8.02. The fourth-order valence-electron chi connectivity index (χ4n) is 2.21. The summed E-state index contributed by atoms with van der Waals surface area (Å²) >= 11 is 0.950. The third-order valence-corrected chi connectivity index (χ3v) is 4.17. The summed E-state index contributed by atoms with van der Waals surface area (Å²) in [6.07, 6.45) is -4.67. The van der Waals surface area contributed by atoms with Crippen LogP contribution in [0.1, 0.15) is 15.9 Å². The molecule has 0 aliphatic heterocycles. The molecule has 3 aromatic rings. The van der Waals surface area contributed by atoms with Crippen molar-refractivity contribution >= 4 is 22.4 Å². The van der Waals surface area contributed by atoms with Crippen molar-refractivity contribution < 1.29 is 26.7 Å². The third kappa shape index (κ3) is 3.72. The number of hydrogen-bond acceptors (Lipinski definition) is 3. The number of carbonyl (C=O) groups is 1. The lowest BCUT2D eigenvalue weighted by Crippen LogP contribution is -2.18. The van der Waals surface area contributed by atoms with Gasteiger partial charge in [0.2, 0.25) is 0 Å². The van der Waals surface area contributed by atoms with Crippen LogP contribution in [0.2, 0.25) is 0 Å². The average Bonchev–Trinajstić information content (AvgIpc) is 3.05. The van der Waals surface area contributed by atoms with E-state index in [1.54, 1.807) is 0 Å². The Hall–Kier alpha value is -2.81. The molecule has 1 amide bonds. The number of rotatable bonds is 3. The van der Waals surface area contributed by atoms with Gasteiger partial charge in [-0.3, -0.25) is 10.1 Å². The number of alkyl halides is 3. The van der Waals surface area contributed by atoms with Crippen LogP contribution in [-0.2, 0) is 6.18 Å². The van der Waals surface area contributed by atoms with E-state index in [4.69, 9.17) is 0 Å². The predicted octanol–water partition coefficient (Wildman–Crippen LogP) is 5.36. The molecule has 9 heteroatoms. The quantitative estimate of drug-likeness (QED) is 0.618. The molecule has 1 heterocycles. The first-order valence-electron chi connectivity index (χ1n) is 7.14. The Morgan fingerprint density at radius 2 is 1.77 bits per heavy atom. The van der Waals surface area contributed by atoms with Crippen molar-refractivity contribution in [1.82, 2.24) is 4.98 Å². The first-order chi connectivity index (χ1) is 12.3. The number of hydrogen-bond donors (Lipinski definition) is 1. The zero-order chi connectivity index (χ0) is 18.9. The Balaban J connectivity index is 1.84. The maximum Gasteiger partial charge on any atom is 0.417 e. The van der Waals surface area contributed by atoms with Gasteiger partial charge >= 0.3 is 6.18 Å². The van der Waals surface area contributed by atoms with Crippen molar-refractivity contribution in [2.75, 3.05) is 5.32 Å². The highest BCUT2D eigenvalue weighted by atomic mass is 32.1. The Morgan fingerprint density at radius 1 is 1.04 bits per heavy atom. The number of amides is 1. The van der Waals surface area contributed by atoms with E-state index in [9.17, 15) is 26.7 Å². The molecule has 1 N–H and O–H groups in total. The molecule has 0 saturated carbocycles. The number of halogens is 5. The largest absolute Gasteiger partial charge is 0.417 e. The molecule has 0 aliphatic carbocycles. The number of nitrogens with zero attached hydrogens (tertiary/aromatic N) is 1. The highest BCUT2D eigenvalue weighted by Crippen LogP contribution is 2.32. The molecule has 0 aliphatic rings. The second kappa shape index (κ2) is 6.83. The lowest BCUT2D eigenvalue weighted by atomic mass is 10.1. The van der Waals surface area contributed by atoms with Gasteiger partial charge in [0.15, 0.2) is 16.8 Å². The molecule has 0 fully saturated rings. The van der Waals surface area contributed by atoms with E-state index < -0.39 is 34.8 Å². The van der Waals surface area contributed by atoms with Gasteiger partial charge in [0.25, 0.3) is 5.91 Å². The van der Waals surface area contributed by atoms with Crippen LogP contribution in [0.3, 0.4) is 0 Å². The fraction of sp³-hybridized carbons (Fsp3) is 0.0588. The molecule has 0 spiro atoms. The zero-order valence-corrected chi connectivity index (χ0v) is 13.6. The number of carbonyl (C=O) groups excluding carboxylic acids is 1. The van der Waals surface area contributed by atoms with Gasteiger partial charge in [0.05, 0.1) is 16.8 Å².